The van der Waals surface area contributed by atoms with Crippen LogP contribution in [0.5, 0.6) is 5.75 Å². The Morgan fingerprint density at radius 1 is 0.968 bits per heavy atom. The average Bonchev–Trinajstić information content (AvgIpc) is 2.80. The third-order valence-electron chi connectivity index (χ3n) is 5.52. The highest BCUT2D eigenvalue weighted by Gasteiger charge is 2.24. The Hall–Kier alpha value is -3.61. The van der Waals surface area contributed by atoms with Crippen molar-refractivity contribution in [3.8, 4) is 5.75 Å². The number of carbonyl (C=O) groups is 1. The molecule has 31 heavy (non-hydrogen) atoms. The summed E-state index contributed by atoms with van der Waals surface area (Å²) < 4.78 is 0. The van der Waals surface area contributed by atoms with E-state index in [0.717, 1.165) is 24.3 Å². The quantitative estimate of drug-likeness (QED) is 0.259. The lowest BCUT2D eigenvalue weighted by atomic mass is 10.0. The number of phenols is 1. The maximum absolute atomic E-state index is 12.2. The number of anilines is 4. The Kier molecular flexibility index (Phi) is 6.74. The van der Waals surface area contributed by atoms with Crippen LogP contribution in [0.25, 0.3) is 0 Å². The predicted molar refractivity (Wildman–Crippen MR) is 125 cm³/mol. The van der Waals surface area contributed by atoms with Gasteiger partial charge in [-0.05, 0) is 50.1 Å². The Morgan fingerprint density at radius 3 is 2.19 bits per heavy atom. The van der Waals surface area contributed by atoms with Crippen molar-refractivity contribution in [3.63, 3.8) is 0 Å². The molecule has 3 aromatic rings. The second kappa shape index (κ2) is 9.47. The molecule has 1 unspecified atom stereocenters. The van der Waals surface area contributed by atoms with Crippen LogP contribution >= 0.6 is 0 Å². The first-order valence-electron chi connectivity index (χ1n) is 10.4. The Labute approximate surface area is 181 Å². The molecule has 0 radical (unpaired) electrons. The van der Waals surface area contributed by atoms with Gasteiger partial charge in [0.25, 0.3) is 10.9 Å². The highest BCUT2D eigenvalue weighted by Crippen LogP contribution is 2.32. The molecule has 1 atom stereocenters. The molecule has 0 aliphatic rings. The van der Waals surface area contributed by atoms with E-state index in [4.69, 9.17) is 0 Å². The normalized spacial score (nSPS) is 11.8. The van der Waals surface area contributed by atoms with Crippen LogP contribution in [0.2, 0.25) is 0 Å². The molecular formula is C24H27N3O4. The van der Waals surface area contributed by atoms with Crippen molar-refractivity contribution in [1.29, 1.82) is 0 Å². The third-order valence-corrected chi connectivity index (χ3v) is 5.52. The van der Waals surface area contributed by atoms with Crippen LogP contribution in [0.1, 0.15) is 49.2 Å². The van der Waals surface area contributed by atoms with Crippen molar-refractivity contribution in [1.82, 2.24) is 0 Å². The molecule has 0 aliphatic heterocycles. The van der Waals surface area contributed by atoms with E-state index in [1.165, 1.54) is 12.1 Å². The molecule has 3 N–H and O–H groups in total. The van der Waals surface area contributed by atoms with E-state index < -0.39 is 10.9 Å². The van der Waals surface area contributed by atoms with Gasteiger partial charge in [0, 0.05) is 18.8 Å². The fraction of sp³-hybridized carbons (Fsp3) is 0.292. The molecular weight excluding hydrogens is 394 g/mol. The maximum Gasteiger partial charge on any atom is 0.253 e. The van der Waals surface area contributed by atoms with Crippen molar-refractivity contribution in [2.75, 3.05) is 28.6 Å². The predicted octanol–water partition coefficient (Wildman–Crippen LogP) is 3.95. The van der Waals surface area contributed by atoms with Gasteiger partial charge in [-0.25, -0.2) is 0 Å². The lowest BCUT2D eigenvalue weighted by Crippen LogP contribution is -2.37. The summed E-state index contributed by atoms with van der Waals surface area (Å²) in [5, 5.41) is 16.2. The van der Waals surface area contributed by atoms with Gasteiger partial charge in [-0.3, -0.25) is 14.4 Å². The number of benzene rings is 2. The van der Waals surface area contributed by atoms with Crippen molar-refractivity contribution in [3.05, 3.63) is 74.0 Å². The zero-order valence-corrected chi connectivity index (χ0v) is 17.9. The van der Waals surface area contributed by atoms with Gasteiger partial charge in [0.2, 0.25) is 0 Å². The highest BCUT2D eigenvalue weighted by molar-refractivity contribution is 5.87. The van der Waals surface area contributed by atoms with Gasteiger partial charge in [0.1, 0.15) is 17.1 Å². The van der Waals surface area contributed by atoms with Crippen LogP contribution in [0.4, 0.5) is 22.7 Å². The van der Waals surface area contributed by atoms with E-state index in [1.807, 2.05) is 19.1 Å². The summed E-state index contributed by atoms with van der Waals surface area (Å²) >= 11 is 0. The zero-order chi connectivity index (χ0) is 22.5. The first-order valence-corrected chi connectivity index (χ1v) is 10.4. The molecule has 0 heterocycles. The summed E-state index contributed by atoms with van der Waals surface area (Å²) in [5.74, 6) is -0.268. The minimum absolute atomic E-state index is 0.0848. The summed E-state index contributed by atoms with van der Waals surface area (Å²) in [7, 11) is 0. The molecule has 0 fully saturated rings. The molecule has 7 nitrogen and oxygen atoms in total. The standard InChI is InChI=1S/C24H27N3O4/c1-4-18(15-10-12-17(13-11-15)27(5-2)6-3)25-20-21(24(31)23(20)30)26-19-9-7-8-16(14-28)22(19)29/h7-14,18,25-26,29H,4-6H2,1-3H3. The summed E-state index contributed by atoms with van der Waals surface area (Å²) in [6.45, 7) is 8.05. The number of aldehydes is 1. The van der Waals surface area contributed by atoms with Crippen molar-refractivity contribution in [2.45, 2.75) is 33.2 Å². The summed E-state index contributed by atoms with van der Waals surface area (Å²) in [4.78, 5) is 37.7. The number of phenolic OH excluding ortho intramolecular Hbond substituents is 1. The Balaban J connectivity index is 1.84. The zero-order valence-electron chi connectivity index (χ0n) is 17.9. The van der Waals surface area contributed by atoms with E-state index in [1.54, 1.807) is 6.07 Å². The van der Waals surface area contributed by atoms with Gasteiger partial charge in [0.15, 0.2) is 6.29 Å². The number of para-hydroxylation sites is 1. The summed E-state index contributed by atoms with van der Waals surface area (Å²) in [6, 6.07) is 12.6. The van der Waals surface area contributed by atoms with Crippen LogP contribution in [0.15, 0.2) is 52.1 Å². The van der Waals surface area contributed by atoms with E-state index in [2.05, 4.69) is 41.5 Å². The van der Waals surface area contributed by atoms with Crippen molar-refractivity contribution >= 4 is 29.0 Å². The number of rotatable bonds is 10. The topological polar surface area (TPSA) is 98.7 Å². The first-order chi connectivity index (χ1) is 14.9. The fourth-order valence-corrected chi connectivity index (χ4v) is 3.64. The summed E-state index contributed by atoms with van der Waals surface area (Å²) in [6.07, 6.45) is 1.23. The first kappa shape index (κ1) is 22.1. The molecule has 162 valence electrons. The van der Waals surface area contributed by atoms with Gasteiger partial charge >= 0.3 is 0 Å². The molecule has 0 amide bonds. The molecule has 0 bridgehead atoms. The number of nitrogens with zero attached hydrogens (tertiary/aromatic N) is 1. The van der Waals surface area contributed by atoms with E-state index in [9.17, 15) is 19.5 Å². The molecule has 0 aromatic heterocycles. The van der Waals surface area contributed by atoms with Gasteiger partial charge in [-0.2, -0.15) is 0 Å². The molecule has 3 aromatic carbocycles. The van der Waals surface area contributed by atoms with Crippen molar-refractivity contribution < 1.29 is 9.90 Å². The van der Waals surface area contributed by atoms with Crippen LogP contribution in [-0.4, -0.2) is 24.5 Å². The number of carbonyl (C=O) groups excluding carboxylic acids is 1. The smallest absolute Gasteiger partial charge is 0.253 e. The minimum atomic E-state index is -0.662. The second-order valence-corrected chi connectivity index (χ2v) is 7.26. The maximum atomic E-state index is 12.2. The van der Waals surface area contributed by atoms with Gasteiger partial charge in [-0.1, -0.05) is 25.1 Å². The Bertz CT molecular complexity index is 1130. The largest absolute Gasteiger partial charge is 0.505 e. The van der Waals surface area contributed by atoms with E-state index >= 15 is 0 Å². The van der Waals surface area contributed by atoms with Crippen LogP contribution in [0.3, 0.4) is 0 Å². The second-order valence-electron chi connectivity index (χ2n) is 7.26. The van der Waals surface area contributed by atoms with Crippen LogP contribution < -0.4 is 26.4 Å². The van der Waals surface area contributed by atoms with Gasteiger partial charge in [-0.15, -0.1) is 0 Å². The minimum Gasteiger partial charge on any atom is -0.505 e. The number of aromatic hydroxyl groups is 1. The van der Waals surface area contributed by atoms with Crippen LogP contribution in [-0.2, 0) is 0 Å². The number of hydrogen-bond donors (Lipinski definition) is 3. The van der Waals surface area contributed by atoms with Gasteiger partial charge < -0.3 is 20.6 Å². The number of hydrogen-bond acceptors (Lipinski definition) is 7. The average molecular weight is 421 g/mol. The molecule has 0 spiro atoms. The molecule has 7 heteroatoms. The fourth-order valence-electron chi connectivity index (χ4n) is 3.64. The lowest BCUT2D eigenvalue weighted by Gasteiger charge is -2.24. The van der Waals surface area contributed by atoms with Gasteiger partial charge in [0.05, 0.1) is 17.3 Å². The highest BCUT2D eigenvalue weighted by atomic mass is 16.3. The molecule has 3 rings (SSSR count). The molecule has 0 saturated carbocycles. The molecule has 0 aliphatic carbocycles. The monoisotopic (exact) mass is 421 g/mol. The van der Waals surface area contributed by atoms with Crippen molar-refractivity contribution in [2.24, 2.45) is 0 Å². The number of nitrogens with one attached hydrogen (secondary N) is 2. The third kappa shape index (κ3) is 4.30. The lowest BCUT2D eigenvalue weighted by molar-refractivity contribution is 0.112. The van der Waals surface area contributed by atoms with Crippen LogP contribution in [0, 0.1) is 0 Å². The van der Waals surface area contributed by atoms with E-state index in [-0.39, 0.29) is 34.4 Å². The molecule has 0 saturated heterocycles. The van der Waals surface area contributed by atoms with E-state index in [0.29, 0.717) is 12.7 Å². The SMILES string of the molecule is CCC(Nc1c(Nc2cccc(C=O)c2O)c(=O)c1=O)c1ccc(N(CC)CC)cc1. The summed E-state index contributed by atoms with van der Waals surface area (Å²) in [5.41, 5.74) is 1.42. The Morgan fingerprint density at radius 2 is 1.61 bits per heavy atom.